The summed E-state index contributed by atoms with van der Waals surface area (Å²) in [5, 5.41) is 9.77. The van der Waals surface area contributed by atoms with Crippen molar-refractivity contribution in [2.45, 2.75) is 52.1 Å². The summed E-state index contributed by atoms with van der Waals surface area (Å²) in [5.74, 6) is 0. The van der Waals surface area contributed by atoms with Crippen LogP contribution in [0.3, 0.4) is 0 Å². The van der Waals surface area contributed by atoms with Crippen molar-refractivity contribution in [3.63, 3.8) is 0 Å². The first kappa shape index (κ1) is 14.0. The number of alkyl halides is 1. The predicted molar refractivity (Wildman–Crippen MR) is 77.6 cm³/mol. The van der Waals surface area contributed by atoms with Gasteiger partial charge in [-0.3, -0.25) is 4.90 Å². The summed E-state index contributed by atoms with van der Waals surface area (Å²) in [5.41, 5.74) is 3.39. The summed E-state index contributed by atoms with van der Waals surface area (Å²) in [6, 6.07) is 4.30. The van der Waals surface area contributed by atoms with Crippen LogP contribution in [0.1, 0.15) is 37.5 Å². The van der Waals surface area contributed by atoms with Crippen LogP contribution in [0.4, 0.5) is 4.39 Å². The van der Waals surface area contributed by atoms with Gasteiger partial charge < -0.3 is 9.68 Å². The van der Waals surface area contributed by atoms with Crippen LogP contribution in [0.5, 0.6) is 0 Å². The van der Waals surface area contributed by atoms with E-state index >= 15 is 0 Å². The normalized spacial score (nSPS) is 22.9. The Hall–Kier alpha value is -0.905. The van der Waals surface area contributed by atoms with Gasteiger partial charge in [0.15, 0.2) is 0 Å². The van der Waals surface area contributed by atoms with E-state index in [4.69, 9.17) is 4.65 Å². The van der Waals surface area contributed by atoms with E-state index in [9.17, 15) is 9.41 Å². The molecule has 0 saturated carbocycles. The van der Waals surface area contributed by atoms with Gasteiger partial charge >= 0.3 is 7.12 Å². The summed E-state index contributed by atoms with van der Waals surface area (Å²) in [4.78, 5) is 2.20. The van der Waals surface area contributed by atoms with Gasteiger partial charge in [0.2, 0.25) is 0 Å². The van der Waals surface area contributed by atoms with Gasteiger partial charge in [0.1, 0.15) is 5.67 Å². The molecule has 3 nitrogen and oxygen atoms in total. The molecule has 2 heterocycles. The molecule has 0 amide bonds. The van der Waals surface area contributed by atoms with E-state index in [2.05, 4.69) is 17.9 Å². The van der Waals surface area contributed by atoms with Crippen molar-refractivity contribution in [2.75, 3.05) is 6.54 Å². The Bertz CT molecular complexity index is 529. The first-order valence-corrected chi connectivity index (χ1v) is 7.21. The van der Waals surface area contributed by atoms with Crippen LogP contribution < -0.4 is 5.46 Å². The number of nitrogens with zero attached hydrogens (tertiary/aromatic N) is 1. The van der Waals surface area contributed by atoms with Gasteiger partial charge in [-0.15, -0.1) is 0 Å². The zero-order valence-electron chi connectivity index (χ0n) is 12.3. The molecule has 1 unspecified atom stereocenters. The fourth-order valence-corrected chi connectivity index (χ4v) is 3.31. The first-order chi connectivity index (χ1) is 9.35. The molecule has 2 aliphatic rings. The van der Waals surface area contributed by atoms with Gasteiger partial charge in [-0.1, -0.05) is 12.1 Å². The smallest absolute Gasteiger partial charge is 0.423 e. The van der Waals surface area contributed by atoms with Crippen LogP contribution in [0.25, 0.3) is 0 Å². The van der Waals surface area contributed by atoms with Crippen LogP contribution >= 0.6 is 0 Å². The van der Waals surface area contributed by atoms with Crippen molar-refractivity contribution in [3.8, 4) is 0 Å². The molecule has 5 heteroatoms. The van der Waals surface area contributed by atoms with E-state index in [-0.39, 0.29) is 0 Å². The van der Waals surface area contributed by atoms with Gasteiger partial charge in [0.25, 0.3) is 0 Å². The number of benzene rings is 1. The molecule has 0 bridgehead atoms. The number of rotatable bonds is 2. The van der Waals surface area contributed by atoms with Gasteiger partial charge in [-0.25, -0.2) is 4.39 Å². The van der Waals surface area contributed by atoms with E-state index in [1.54, 1.807) is 13.8 Å². The Balaban J connectivity index is 1.90. The van der Waals surface area contributed by atoms with E-state index in [0.717, 1.165) is 24.0 Å². The molecule has 1 aromatic rings. The summed E-state index contributed by atoms with van der Waals surface area (Å²) in [6.07, 6.45) is 0.894. The third-order valence-corrected chi connectivity index (χ3v) is 4.29. The lowest BCUT2D eigenvalue weighted by Gasteiger charge is -2.38. The van der Waals surface area contributed by atoms with Crippen LogP contribution in [0.2, 0.25) is 0 Å². The monoisotopic (exact) mass is 277 g/mol. The predicted octanol–water partition coefficient (Wildman–Crippen LogP) is 1.40. The molecule has 0 radical (unpaired) electrons. The van der Waals surface area contributed by atoms with Crippen LogP contribution in [-0.2, 0) is 24.2 Å². The van der Waals surface area contributed by atoms with Gasteiger partial charge in [0, 0.05) is 19.1 Å². The van der Waals surface area contributed by atoms with Gasteiger partial charge in [0.05, 0.1) is 6.61 Å². The zero-order chi connectivity index (χ0) is 14.5. The van der Waals surface area contributed by atoms with E-state index < -0.39 is 12.8 Å². The maximum Gasteiger partial charge on any atom is 0.491 e. The van der Waals surface area contributed by atoms with Crippen molar-refractivity contribution in [1.29, 1.82) is 0 Å². The quantitative estimate of drug-likeness (QED) is 0.829. The molecule has 3 rings (SSSR count). The van der Waals surface area contributed by atoms with Gasteiger partial charge in [-0.05, 0) is 49.3 Å². The molecule has 1 aromatic carbocycles. The van der Waals surface area contributed by atoms with Crippen LogP contribution in [0.15, 0.2) is 12.1 Å². The number of hydrogen-bond acceptors (Lipinski definition) is 3. The zero-order valence-corrected chi connectivity index (χ0v) is 12.3. The van der Waals surface area contributed by atoms with Crippen LogP contribution in [0, 0.1) is 0 Å². The number of fused-ring (bicyclic) bond motifs is 3. The molecule has 0 spiro atoms. The van der Waals surface area contributed by atoms with Crippen molar-refractivity contribution in [1.82, 2.24) is 4.90 Å². The minimum atomic E-state index is -1.18. The van der Waals surface area contributed by atoms with Crippen molar-refractivity contribution in [3.05, 3.63) is 28.8 Å². The Morgan fingerprint density at radius 2 is 2.20 bits per heavy atom. The highest BCUT2D eigenvalue weighted by molar-refractivity contribution is 6.61. The van der Waals surface area contributed by atoms with E-state index in [0.29, 0.717) is 19.2 Å². The highest BCUT2D eigenvalue weighted by Crippen LogP contribution is 2.29. The molecule has 0 fully saturated rings. The molecule has 1 N–H and O–H groups in total. The molecule has 0 saturated heterocycles. The second kappa shape index (κ2) is 4.83. The molecule has 0 aliphatic carbocycles. The highest BCUT2D eigenvalue weighted by atomic mass is 19.1. The Kier molecular flexibility index (Phi) is 3.39. The second-order valence-electron chi connectivity index (χ2n) is 6.61. The lowest BCUT2D eigenvalue weighted by molar-refractivity contribution is 0.0857. The summed E-state index contributed by atoms with van der Waals surface area (Å²) in [6.45, 7) is 7.10. The molecule has 108 valence electrons. The maximum absolute atomic E-state index is 13.9. The molecule has 0 aromatic heterocycles. The van der Waals surface area contributed by atoms with Crippen molar-refractivity contribution < 1.29 is 14.1 Å². The fourth-order valence-electron chi connectivity index (χ4n) is 3.31. The summed E-state index contributed by atoms with van der Waals surface area (Å²) >= 11 is 0. The third kappa shape index (κ3) is 2.50. The minimum Gasteiger partial charge on any atom is -0.423 e. The minimum absolute atomic E-state index is 0.307. The van der Waals surface area contributed by atoms with Crippen LogP contribution in [-0.4, -0.2) is 35.3 Å². The molecule has 20 heavy (non-hydrogen) atoms. The number of halogens is 1. The standard InChI is InChI=1S/C15H21BFNO2/c1-10-6-12-11(7-18(10)9-15(2,3)17)4-5-14-13(12)8-20-16(14)19/h4-5,10,19H,6-9H2,1-3H3. The Labute approximate surface area is 119 Å². The Morgan fingerprint density at radius 3 is 2.90 bits per heavy atom. The van der Waals surface area contributed by atoms with Crippen molar-refractivity contribution in [2.24, 2.45) is 0 Å². The van der Waals surface area contributed by atoms with E-state index in [1.165, 1.54) is 11.1 Å². The summed E-state index contributed by atoms with van der Waals surface area (Å²) in [7, 11) is -0.784. The maximum atomic E-state index is 13.9. The topological polar surface area (TPSA) is 32.7 Å². The molecular formula is C15H21BFNO2. The third-order valence-electron chi connectivity index (χ3n) is 4.29. The van der Waals surface area contributed by atoms with E-state index in [1.807, 2.05) is 6.07 Å². The van der Waals surface area contributed by atoms with Gasteiger partial charge in [-0.2, -0.15) is 0 Å². The lowest BCUT2D eigenvalue weighted by Crippen LogP contribution is -2.45. The lowest BCUT2D eigenvalue weighted by atomic mass is 9.76. The first-order valence-electron chi connectivity index (χ1n) is 7.21. The number of hydrogen-bond donors (Lipinski definition) is 1. The SMILES string of the molecule is CC1Cc2c(ccc3c2COB3O)CN1CC(C)(C)F. The average molecular weight is 277 g/mol. The Morgan fingerprint density at radius 1 is 1.45 bits per heavy atom. The van der Waals surface area contributed by atoms with Crippen molar-refractivity contribution >= 4 is 12.6 Å². The summed E-state index contributed by atoms with van der Waals surface area (Å²) < 4.78 is 19.2. The fraction of sp³-hybridized carbons (Fsp3) is 0.600. The average Bonchev–Trinajstić information content (AvgIpc) is 2.71. The highest BCUT2D eigenvalue weighted by Gasteiger charge is 2.34. The molecule has 2 aliphatic heterocycles. The molecular weight excluding hydrogens is 256 g/mol. The largest absolute Gasteiger partial charge is 0.491 e. The second-order valence-corrected chi connectivity index (χ2v) is 6.61. The molecule has 1 atom stereocenters.